The molecule has 0 bridgehead atoms. The third-order valence-electron chi connectivity index (χ3n) is 4.56. The van der Waals surface area contributed by atoms with E-state index in [1.807, 2.05) is 0 Å². The van der Waals surface area contributed by atoms with Crippen LogP contribution in [-0.4, -0.2) is 52.3 Å². The molecule has 2 rings (SSSR count). The molecule has 0 unspecified atom stereocenters. The van der Waals surface area contributed by atoms with Crippen molar-refractivity contribution in [3.8, 4) is 0 Å². The number of ether oxygens (including phenoxy) is 4. The average molecular weight is 344 g/mol. The van der Waals surface area contributed by atoms with Gasteiger partial charge in [-0.05, 0) is 25.7 Å². The van der Waals surface area contributed by atoms with Crippen molar-refractivity contribution in [2.75, 3.05) is 28.4 Å². The summed E-state index contributed by atoms with van der Waals surface area (Å²) in [6.45, 7) is 0. The highest BCUT2D eigenvalue weighted by atomic mass is 16.5. The Bertz CT molecular complexity index is 398. The number of rotatable bonds is 4. The Kier molecular flexibility index (Phi) is 7.67. The lowest BCUT2D eigenvalue weighted by molar-refractivity contribution is -0.164. The van der Waals surface area contributed by atoms with Crippen LogP contribution in [0.1, 0.15) is 25.7 Å². The zero-order chi connectivity index (χ0) is 18.3. The highest BCUT2D eigenvalue weighted by Crippen LogP contribution is 2.36. The Hall–Kier alpha value is -2.12. The maximum Gasteiger partial charge on any atom is 0.309 e. The summed E-state index contributed by atoms with van der Waals surface area (Å²) in [5, 5.41) is 0. The number of methoxy groups -OCH3 is 4. The summed E-state index contributed by atoms with van der Waals surface area (Å²) in [7, 11) is 5.31. The van der Waals surface area contributed by atoms with Gasteiger partial charge in [-0.25, -0.2) is 0 Å². The van der Waals surface area contributed by atoms with Gasteiger partial charge in [0.1, 0.15) is 0 Å². The van der Waals surface area contributed by atoms with E-state index in [9.17, 15) is 19.2 Å². The molecule has 0 aromatic carbocycles. The molecule has 0 aromatic rings. The maximum absolute atomic E-state index is 11.0. The predicted octanol–water partition coefficient (Wildman–Crippen LogP) is 0.717. The van der Waals surface area contributed by atoms with E-state index < -0.39 is 0 Å². The van der Waals surface area contributed by atoms with Crippen LogP contribution in [0, 0.1) is 23.7 Å². The lowest BCUT2D eigenvalue weighted by Crippen LogP contribution is -2.39. The second-order valence-electron chi connectivity index (χ2n) is 5.67. The molecular formula is C16H24O8. The van der Waals surface area contributed by atoms with Crippen LogP contribution < -0.4 is 0 Å². The van der Waals surface area contributed by atoms with Crippen LogP contribution in [0.4, 0.5) is 0 Å². The minimum absolute atomic E-state index is 0.276. The topological polar surface area (TPSA) is 105 Å². The fourth-order valence-corrected chi connectivity index (χ4v) is 2.73. The number of hydrogen-bond donors (Lipinski definition) is 0. The Morgan fingerprint density at radius 1 is 0.500 bits per heavy atom. The molecule has 0 aromatic heterocycles. The molecule has 2 saturated carbocycles. The van der Waals surface area contributed by atoms with Crippen LogP contribution in [-0.2, 0) is 38.1 Å². The van der Waals surface area contributed by atoms with Gasteiger partial charge in [-0.2, -0.15) is 0 Å². The van der Waals surface area contributed by atoms with E-state index in [2.05, 4.69) is 18.9 Å². The van der Waals surface area contributed by atoms with E-state index in [-0.39, 0.29) is 47.5 Å². The number of hydrogen-bond acceptors (Lipinski definition) is 8. The van der Waals surface area contributed by atoms with Gasteiger partial charge in [-0.1, -0.05) is 0 Å². The van der Waals surface area contributed by atoms with E-state index in [0.717, 1.165) is 25.7 Å². The van der Waals surface area contributed by atoms with E-state index in [1.165, 1.54) is 28.4 Å². The molecule has 4 atom stereocenters. The van der Waals surface area contributed by atoms with Crippen LogP contribution in [0.15, 0.2) is 0 Å². The van der Waals surface area contributed by atoms with Gasteiger partial charge in [0.25, 0.3) is 0 Å². The molecule has 0 heterocycles. The van der Waals surface area contributed by atoms with Crippen molar-refractivity contribution in [3.63, 3.8) is 0 Å². The molecule has 0 saturated heterocycles. The van der Waals surface area contributed by atoms with Gasteiger partial charge in [-0.3, -0.25) is 19.2 Å². The third kappa shape index (κ3) is 4.46. The summed E-state index contributed by atoms with van der Waals surface area (Å²) in [5.74, 6) is -2.34. The summed E-state index contributed by atoms with van der Waals surface area (Å²) >= 11 is 0. The summed E-state index contributed by atoms with van der Waals surface area (Å²) < 4.78 is 18.1. The standard InChI is InChI=1S/2C8H12O4/c2*1-11-7(9)5-3-4-6(5)8(10)12-2/h2*5-6H,3-4H2,1-2H3/t2*5-,6-/m10/s1. The summed E-state index contributed by atoms with van der Waals surface area (Å²) in [6.07, 6.45) is 2.91. The van der Waals surface area contributed by atoms with Crippen LogP contribution in [0.3, 0.4) is 0 Å². The molecule has 0 radical (unpaired) electrons. The molecule has 2 aliphatic carbocycles. The van der Waals surface area contributed by atoms with Gasteiger partial charge in [0.15, 0.2) is 0 Å². The second kappa shape index (κ2) is 9.24. The van der Waals surface area contributed by atoms with E-state index in [0.29, 0.717) is 0 Å². The lowest BCUT2D eigenvalue weighted by Gasteiger charge is -2.31. The zero-order valence-corrected chi connectivity index (χ0v) is 14.4. The van der Waals surface area contributed by atoms with Crippen molar-refractivity contribution in [2.45, 2.75) is 25.7 Å². The van der Waals surface area contributed by atoms with Crippen LogP contribution in [0.5, 0.6) is 0 Å². The molecule has 0 amide bonds. The molecule has 0 aliphatic heterocycles. The van der Waals surface area contributed by atoms with Gasteiger partial charge in [0.05, 0.1) is 52.1 Å². The smallest absolute Gasteiger partial charge is 0.309 e. The Labute approximate surface area is 140 Å². The monoisotopic (exact) mass is 344 g/mol. The molecule has 0 N–H and O–H groups in total. The van der Waals surface area contributed by atoms with Gasteiger partial charge in [0, 0.05) is 0 Å². The van der Waals surface area contributed by atoms with Crippen molar-refractivity contribution >= 4 is 23.9 Å². The Balaban J connectivity index is 0.000000240. The summed E-state index contributed by atoms with van der Waals surface area (Å²) in [4.78, 5) is 44.0. The zero-order valence-electron chi connectivity index (χ0n) is 14.4. The van der Waals surface area contributed by atoms with Crippen molar-refractivity contribution < 1.29 is 38.1 Å². The van der Waals surface area contributed by atoms with Gasteiger partial charge < -0.3 is 18.9 Å². The first-order chi connectivity index (χ1) is 11.4. The van der Waals surface area contributed by atoms with E-state index in [1.54, 1.807) is 0 Å². The minimum Gasteiger partial charge on any atom is -0.469 e. The molecule has 2 fully saturated rings. The first kappa shape index (κ1) is 19.9. The van der Waals surface area contributed by atoms with Crippen LogP contribution in [0.25, 0.3) is 0 Å². The average Bonchev–Trinajstić information content (AvgIpc) is 2.52. The molecule has 24 heavy (non-hydrogen) atoms. The van der Waals surface area contributed by atoms with Crippen LogP contribution >= 0.6 is 0 Å². The first-order valence-corrected chi connectivity index (χ1v) is 7.72. The van der Waals surface area contributed by atoms with Crippen molar-refractivity contribution in [1.29, 1.82) is 0 Å². The van der Waals surface area contributed by atoms with E-state index >= 15 is 0 Å². The van der Waals surface area contributed by atoms with Gasteiger partial charge in [0.2, 0.25) is 0 Å². The van der Waals surface area contributed by atoms with Gasteiger partial charge in [-0.15, -0.1) is 0 Å². The molecule has 8 heteroatoms. The fraction of sp³-hybridized carbons (Fsp3) is 0.750. The van der Waals surface area contributed by atoms with E-state index in [4.69, 9.17) is 0 Å². The molecule has 2 aliphatic rings. The minimum atomic E-state index is -0.309. The molecule has 136 valence electrons. The highest BCUT2D eigenvalue weighted by molar-refractivity contribution is 5.84. The first-order valence-electron chi connectivity index (χ1n) is 7.72. The SMILES string of the molecule is COC(=O)[C@@H]1CC[C@H]1C(=O)OC.COC(=O)[C@H]1CC[C@@H]1C(=O)OC. The van der Waals surface area contributed by atoms with Crippen molar-refractivity contribution in [1.82, 2.24) is 0 Å². The number of carbonyl (C=O) groups is 4. The maximum atomic E-state index is 11.0. The Morgan fingerprint density at radius 3 is 0.750 bits per heavy atom. The molecular weight excluding hydrogens is 320 g/mol. The molecule has 8 nitrogen and oxygen atoms in total. The quantitative estimate of drug-likeness (QED) is 0.542. The normalized spacial score (nSPS) is 27.2. The predicted molar refractivity (Wildman–Crippen MR) is 80.5 cm³/mol. The highest BCUT2D eigenvalue weighted by Gasteiger charge is 2.43. The third-order valence-corrected chi connectivity index (χ3v) is 4.56. The number of esters is 4. The van der Waals surface area contributed by atoms with Crippen molar-refractivity contribution in [3.05, 3.63) is 0 Å². The molecule has 0 spiro atoms. The van der Waals surface area contributed by atoms with Crippen LogP contribution in [0.2, 0.25) is 0 Å². The summed E-state index contributed by atoms with van der Waals surface area (Å²) in [5.41, 5.74) is 0. The Morgan fingerprint density at radius 2 is 0.667 bits per heavy atom. The second-order valence-corrected chi connectivity index (χ2v) is 5.67. The lowest BCUT2D eigenvalue weighted by atomic mass is 9.74. The van der Waals surface area contributed by atoms with Crippen molar-refractivity contribution in [2.24, 2.45) is 23.7 Å². The summed E-state index contributed by atoms with van der Waals surface area (Å²) in [6, 6.07) is 0. The largest absolute Gasteiger partial charge is 0.469 e. The number of carbonyl (C=O) groups excluding carboxylic acids is 4. The van der Waals surface area contributed by atoms with Gasteiger partial charge >= 0.3 is 23.9 Å². The fourth-order valence-electron chi connectivity index (χ4n) is 2.73.